The zero-order valence-corrected chi connectivity index (χ0v) is 8.15. The van der Waals surface area contributed by atoms with Crippen LogP contribution >= 0.6 is 0 Å². The summed E-state index contributed by atoms with van der Waals surface area (Å²) in [6.45, 7) is 0. The fraction of sp³-hybridized carbons (Fsp3) is 0.182. The molecule has 1 heterocycles. The van der Waals surface area contributed by atoms with Crippen LogP contribution in [-0.4, -0.2) is 20.1 Å². The lowest BCUT2D eigenvalue weighted by molar-refractivity contribution is -0.112. The minimum atomic E-state index is -0.0203. The first-order valence-corrected chi connectivity index (χ1v) is 4.36. The van der Waals surface area contributed by atoms with Crippen LogP contribution in [0.4, 0.5) is 5.69 Å². The van der Waals surface area contributed by atoms with Crippen molar-refractivity contribution < 1.29 is 9.53 Å². The molecule has 72 valence electrons. The zero-order valence-electron chi connectivity index (χ0n) is 8.15. The fourth-order valence-electron chi connectivity index (χ4n) is 1.63. The third kappa shape index (κ3) is 1.09. The lowest BCUT2D eigenvalue weighted by Gasteiger charge is -2.07. The molecule has 0 saturated carbocycles. The molecule has 0 saturated heterocycles. The molecule has 1 aliphatic heterocycles. The van der Waals surface area contributed by atoms with E-state index in [9.17, 15) is 4.79 Å². The van der Waals surface area contributed by atoms with Crippen LogP contribution < -0.4 is 4.90 Å². The molecule has 0 aliphatic carbocycles. The lowest BCUT2D eigenvalue weighted by Crippen LogP contribution is -2.20. The Morgan fingerprint density at radius 3 is 2.79 bits per heavy atom. The van der Waals surface area contributed by atoms with Crippen LogP contribution in [0.25, 0.3) is 5.57 Å². The number of rotatable bonds is 1. The predicted molar refractivity (Wildman–Crippen MR) is 54.8 cm³/mol. The van der Waals surface area contributed by atoms with Crippen molar-refractivity contribution in [1.82, 2.24) is 0 Å². The van der Waals surface area contributed by atoms with Crippen LogP contribution in [0.3, 0.4) is 0 Å². The van der Waals surface area contributed by atoms with E-state index >= 15 is 0 Å². The Bertz CT molecular complexity index is 410. The second-order valence-electron chi connectivity index (χ2n) is 3.15. The summed E-state index contributed by atoms with van der Waals surface area (Å²) in [7, 11) is 3.30. The summed E-state index contributed by atoms with van der Waals surface area (Å²) in [5.41, 5.74) is 2.48. The van der Waals surface area contributed by atoms with Gasteiger partial charge in [-0.3, -0.25) is 4.79 Å². The van der Waals surface area contributed by atoms with E-state index in [4.69, 9.17) is 4.74 Å². The third-order valence-electron chi connectivity index (χ3n) is 2.33. The molecule has 0 N–H and O–H groups in total. The maximum absolute atomic E-state index is 11.7. The van der Waals surface area contributed by atoms with Crippen molar-refractivity contribution in [2.75, 3.05) is 19.1 Å². The van der Waals surface area contributed by atoms with Gasteiger partial charge in [-0.15, -0.1) is 0 Å². The van der Waals surface area contributed by atoms with Gasteiger partial charge in [0.2, 0.25) is 0 Å². The molecule has 0 aromatic heterocycles. The Morgan fingerprint density at radius 1 is 1.36 bits per heavy atom. The van der Waals surface area contributed by atoms with Crippen LogP contribution in [-0.2, 0) is 9.53 Å². The van der Waals surface area contributed by atoms with E-state index in [1.165, 1.54) is 6.26 Å². The van der Waals surface area contributed by atoms with E-state index in [1.807, 2.05) is 24.3 Å². The van der Waals surface area contributed by atoms with Crippen molar-refractivity contribution in [2.45, 2.75) is 0 Å². The Balaban J connectivity index is 2.59. The van der Waals surface area contributed by atoms with E-state index < -0.39 is 0 Å². The van der Waals surface area contributed by atoms with Crippen molar-refractivity contribution in [3.8, 4) is 0 Å². The normalized spacial score (nSPS) is 17.4. The number of carbonyl (C=O) groups excluding carboxylic acids is 1. The van der Waals surface area contributed by atoms with Crippen molar-refractivity contribution in [3.63, 3.8) is 0 Å². The summed E-state index contributed by atoms with van der Waals surface area (Å²) in [4.78, 5) is 13.4. The van der Waals surface area contributed by atoms with E-state index in [0.29, 0.717) is 5.57 Å². The Kier molecular flexibility index (Phi) is 2.00. The Hall–Kier alpha value is -1.77. The summed E-state index contributed by atoms with van der Waals surface area (Å²) in [6, 6.07) is 7.67. The first kappa shape index (κ1) is 8.81. The van der Waals surface area contributed by atoms with Gasteiger partial charge in [-0.1, -0.05) is 18.2 Å². The van der Waals surface area contributed by atoms with Gasteiger partial charge in [-0.2, -0.15) is 0 Å². The molecule has 0 fully saturated rings. The van der Waals surface area contributed by atoms with Crippen LogP contribution in [0.2, 0.25) is 0 Å². The Morgan fingerprint density at radius 2 is 2.07 bits per heavy atom. The standard InChI is InChI=1S/C11H11NO2/c1-12-10-6-4-3-5-8(10)9(7-14-2)11(12)13/h3-7H,1-2H3. The molecule has 14 heavy (non-hydrogen) atoms. The van der Waals surface area contributed by atoms with Crippen LogP contribution in [0.5, 0.6) is 0 Å². The second kappa shape index (κ2) is 3.18. The molecule has 3 heteroatoms. The monoisotopic (exact) mass is 189 g/mol. The Labute approximate surface area is 82.6 Å². The number of hydrogen-bond acceptors (Lipinski definition) is 2. The maximum atomic E-state index is 11.7. The SMILES string of the molecule is COC=C1C(=O)N(C)c2ccccc21. The van der Waals surface area contributed by atoms with Crippen molar-refractivity contribution in [2.24, 2.45) is 0 Å². The summed E-state index contributed by atoms with van der Waals surface area (Å²) < 4.78 is 4.89. The summed E-state index contributed by atoms with van der Waals surface area (Å²) in [6.07, 6.45) is 1.49. The highest BCUT2D eigenvalue weighted by atomic mass is 16.5. The average Bonchev–Trinajstić information content (AvgIpc) is 2.45. The summed E-state index contributed by atoms with van der Waals surface area (Å²) in [5.74, 6) is -0.0203. The lowest BCUT2D eigenvalue weighted by atomic mass is 10.1. The number of carbonyl (C=O) groups is 1. The van der Waals surface area contributed by atoms with E-state index in [1.54, 1.807) is 19.1 Å². The molecule has 1 aliphatic rings. The molecule has 3 nitrogen and oxygen atoms in total. The predicted octanol–water partition coefficient (Wildman–Crippen LogP) is 1.65. The van der Waals surface area contributed by atoms with Gasteiger partial charge >= 0.3 is 0 Å². The number of hydrogen-bond donors (Lipinski definition) is 0. The fourth-order valence-corrected chi connectivity index (χ4v) is 1.63. The van der Waals surface area contributed by atoms with Gasteiger partial charge in [0.05, 0.1) is 24.6 Å². The number of ether oxygens (including phenoxy) is 1. The minimum absolute atomic E-state index is 0.0203. The van der Waals surface area contributed by atoms with Gasteiger partial charge in [0.1, 0.15) is 0 Å². The first-order chi connectivity index (χ1) is 6.75. The van der Waals surface area contributed by atoms with Crippen molar-refractivity contribution in [1.29, 1.82) is 0 Å². The van der Waals surface area contributed by atoms with Crippen molar-refractivity contribution in [3.05, 3.63) is 36.1 Å². The maximum Gasteiger partial charge on any atom is 0.261 e. The minimum Gasteiger partial charge on any atom is -0.504 e. The number of fused-ring (bicyclic) bond motifs is 1. The molecule has 2 rings (SSSR count). The summed E-state index contributed by atoms with van der Waals surface area (Å²) in [5, 5.41) is 0. The average molecular weight is 189 g/mol. The van der Waals surface area contributed by atoms with E-state index in [0.717, 1.165) is 11.3 Å². The second-order valence-corrected chi connectivity index (χ2v) is 3.15. The van der Waals surface area contributed by atoms with Crippen molar-refractivity contribution >= 4 is 17.2 Å². The third-order valence-corrected chi connectivity index (χ3v) is 2.33. The highest BCUT2D eigenvalue weighted by Crippen LogP contribution is 2.34. The number of anilines is 1. The number of benzene rings is 1. The van der Waals surface area contributed by atoms with E-state index in [2.05, 4.69) is 0 Å². The smallest absolute Gasteiger partial charge is 0.261 e. The highest BCUT2D eigenvalue weighted by molar-refractivity contribution is 6.32. The van der Waals surface area contributed by atoms with Gasteiger partial charge < -0.3 is 9.64 Å². The van der Waals surface area contributed by atoms with Crippen LogP contribution in [0.15, 0.2) is 30.5 Å². The quantitative estimate of drug-likeness (QED) is 0.496. The topological polar surface area (TPSA) is 29.5 Å². The number of likely N-dealkylation sites (N-methyl/N-ethyl adjacent to an activating group) is 1. The molecular weight excluding hydrogens is 178 g/mol. The molecule has 1 aromatic rings. The number of para-hydroxylation sites is 1. The largest absolute Gasteiger partial charge is 0.504 e. The van der Waals surface area contributed by atoms with Crippen LogP contribution in [0, 0.1) is 0 Å². The zero-order chi connectivity index (χ0) is 10.1. The van der Waals surface area contributed by atoms with Gasteiger partial charge in [-0.25, -0.2) is 0 Å². The van der Waals surface area contributed by atoms with Crippen LogP contribution in [0.1, 0.15) is 5.56 Å². The highest BCUT2D eigenvalue weighted by Gasteiger charge is 2.29. The van der Waals surface area contributed by atoms with E-state index in [-0.39, 0.29) is 5.91 Å². The number of nitrogens with zero attached hydrogens (tertiary/aromatic N) is 1. The molecule has 0 radical (unpaired) electrons. The van der Waals surface area contributed by atoms with Gasteiger partial charge in [0.15, 0.2) is 0 Å². The molecule has 0 spiro atoms. The molecule has 0 unspecified atom stereocenters. The molecule has 0 bridgehead atoms. The first-order valence-electron chi connectivity index (χ1n) is 4.36. The molecule has 0 atom stereocenters. The van der Waals surface area contributed by atoms with Gasteiger partial charge in [-0.05, 0) is 6.07 Å². The molecule has 1 amide bonds. The summed E-state index contributed by atoms with van der Waals surface area (Å²) >= 11 is 0. The van der Waals surface area contributed by atoms with Gasteiger partial charge in [0, 0.05) is 12.6 Å². The number of methoxy groups -OCH3 is 1. The molecule has 1 aromatic carbocycles. The molecular formula is C11H11NO2. The van der Waals surface area contributed by atoms with Gasteiger partial charge in [0.25, 0.3) is 5.91 Å². The number of amides is 1.